The molecule has 0 radical (unpaired) electrons. The van der Waals surface area contributed by atoms with Gasteiger partial charge in [-0.2, -0.15) is 5.26 Å². The zero-order valence-corrected chi connectivity index (χ0v) is 21.3. The third-order valence-corrected chi connectivity index (χ3v) is 5.63. The Morgan fingerprint density at radius 2 is 1.89 bits per heavy atom. The van der Waals surface area contributed by atoms with E-state index in [1.54, 1.807) is 23.0 Å². The fourth-order valence-electron chi connectivity index (χ4n) is 3.63. The summed E-state index contributed by atoms with van der Waals surface area (Å²) in [6.07, 6.45) is 3.42. The van der Waals surface area contributed by atoms with Gasteiger partial charge in [-0.3, -0.25) is 9.78 Å². The molecule has 0 amide bonds. The molecule has 1 N–H and O–H groups in total. The standard InChI is InChI=1S/C27H29N7O2/c1-16(2)34-15-19(8-10-23(34)35)22-14-29-17(3)24(31-22)26-33-32-25(36-26)21-9-7-18(11-20(21)12-28)13-30-27(4,5)6/h7-11,14-16,30H,13H2,1-6H3. The summed E-state index contributed by atoms with van der Waals surface area (Å²) in [6, 6.07) is 11.1. The molecule has 0 unspecified atom stereocenters. The molecule has 0 fully saturated rings. The van der Waals surface area contributed by atoms with Gasteiger partial charge in [-0.05, 0) is 65.3 Å². The van der Waals surface area contributed by atoms with E-state index in [-0.39, 0.29) is 28.9 Å². The number of aromatic nitrogens is 5. The minimum atomic E-state index is -0.0795. The summed E-state index contributed by atoms with van der Waals surface area (Å²) in [7, 11) is 0. The van der Waals surface area contributed by atoms with Crippen molar-refractivity contribution in [3.63, 3.8) is 0 Å². The van der Waals surface area contributed by atoms with Crippen LogP contribution in [-0.4, -0.2) is 30.3 Å². The molecule has 1 aromatic carbocycles. The van der Waals surface area contributed by atoms with E-state index in [4.69, 9.17) is 9.40 Å². The average Bonchev–Trinajstić information content (AvgIpc) is 3.32. The summed E-state index contributed by atoms with van der Waals surface area (Å²) in [5.74, 6) is 0.438. The maximum atomic E-state index is 12.1. The second-order valence-corrected chi connectivity index (χ2v) is 9.95. The number of benzene rings is 1. The Labute approximate surface area is 209 Å². The highest BCUT2D eigenvalue weighted by Gasteiger charge is 2.19. The molecule has 4 rings (SSSR count). The van der Waals surface area contributed by atoms with Crippen LogP contribution >= 0.6 is 0 Å². The van der Waals surface area contributed by atoms with Crippen molar-refractivity contribution < 1.29 is 4.42 Å². The average molecular weight is 484 g/mol. The number of pyridine rings is 1. The van der Waals surface area contributed by atoms with Gasteiger partial charge in [-0.1, -0.05) is 6.07 Å². The van der Waals surface area contributed by atoms with E-state index in [1.165, 1.54) is 6.07 Å². The highest BCUT2D eigenvalue weighted by Crippen LogP contribution is 2.28. The van der Waals surface area contributed by atoms with E-state index < -0.39 is 0 Å². The summed E-state index contributed by atoms with van der Waals surface area (Å²) in [5, 5.41) is 21.5. The molecular weight excluding hydrogens is 454 g/mol. The van der Waals surface area contributed by atoms with Gasteiger partial charge in [0.2, 0.25) is 5.89 Å². The molecule has 9 heteroatoms. The predicted octanol–water partition coefficient (Wildman–Crippen LogP) is 4.67. The fraction of sp³-hybridized carbons (Fsp3) is 0.333. The number of nitrogens with zero attached hydrogens (tertiary/aromatic N) is 6. The molecular formula is C27H29N7O2. The Bertz CT molecular complexity index is 1500. The molecule has 0 aliphatic heterocycles. The monoisotopic (exact) mass is 483 g/mol. The van der Waals surface area contributed by atoms with Gasteiger partial charge < -0.3 is 14.3 Å². The molecule has 9 nitrogen and oxygen atoms in total. The van der Waals surface area contributed by atoms with Crippen LogP contribution in [0.25, 0.3) is 34.3 Å². The predicted molar refractivity (Wildman–Crippen MR) is 137 cm³/mol. The van der Waals surface area contributed by atoms with Gasteiger partial charge in [0, 0.05) is 36.0 Å². The second kappa shape index (κ2) is 9.84. The molecule has 0 spiro atoms. The van der Waals surface area contributed by atoms with Crippen molar-refractivity contribution >= 4 is 0 Å². The first-order chi connectivity index (χ1) is 17.1. The normalized spacial score (nSPS) is 11.6. The molecule has 0 aliphatic carbocycles. The van der Waals surface area contributed by atoms with Gasteiger partial charge in [0.05, 0.1) is 34.8 Å². The zero-order chi connectivity index (χ0) is 26.0. The Hall–Kier alpha value is -4.16. The highest BCUT2D eigenvalue weighted by molar-refractivity contribution is 5.66. The number of nitrogens with one attached hydrogen (secondary N) is 1. The Morgan fingerprint density at radius 1 is 1.14 bits per heavy atom. The van der Waals surface area contributed by atoms with Crippen LogP contribution in [0.4, 0.5) is 0 Å². The van der Waals surface area contributed by atoms with Crippen LogP contribution in [0.15, 0.2) is 51.9 Å². The number of aryl methyl sites for hydroxylation is 1. The smallest absolute Gasteiger partial charge is 0.268 e. The molecule has 184 valence electrons. The number of rotatable bonds is 6. The minimum absolute atomic E-state index is 0.0128. The van der Waals surface area contributed by atoms with Gasteiger partial charge in [-0.15, -0.1) is 10.2 Å². The van der Waals surface area contributed by atoms with Crippen LogP contribution in [0.5, 0.6) is 0 Å². The van der Waals surface area contributed by atoms with Crippen LogP contribution in [0.1, 0.15) is 57.5 Å². The van der Waals surface area contributed by atoms with E-state index in [0.29, 0.717) is 34.8 Å². The van der Waals surface area contributed by atoms with Crippen molar-refractivity contribution in [2.24, 2.45) is 0 Å². The Kier molecular flexibility index (Phi) is 6.82. The van der Waals surface area contributed by atoms with Gasteiger partial charge in [0.1, 0.15) is 5.69 Å². The molecule has 0 saturated heterocycles. The topological polar surface area (TPSA) is 123 Å². The number of nitriles is 1. The van der Waals surface area contributed by atoms with Gasteiger partial charge in [-0.25, -0.2) is 4.98 Å². The SMILES string of the molecule is Cc1ncc(-c2ccc(=O)n(C(C)C)c2)nc1-c1nnc(-c2ccc(CNC(C)(C)C)cc2C#N)o1. The Balaban J connectivity index is 1.67. The lowest BCUT2D eigenvalue weighted by Gasteiger charge is -2.20. The lowest BCUT2D eigenvalue weighted by atomic mass is 10.0. The zero-order valence-electron chi connectivity index (χ0n) is 21.3. The van der Waals surface area contributed by atoms with Gasteiger partial charge >= 0.3 is 0 Å². The van der Waals surface area contributed by atoms with Crippen LogP contribution in [-0.2, 0) is 6.54 Å². The van der Waals surface area contributed by atoms with E-state index in [9.17, 15) is 10.1 Å². The Morgan fingerprint density at radius 3 is 2.58 bits per heavy atom. The minimum Gasteiger partial charge on any atom is -0.414 e. The first kappa shape index (κ1) is 24.9. The summed E-state index contributed by atoms with van der Waals surface area (Å²) in [4.78, 5) is 21.3. The molecule has 36 heavy (non-hydrogen) atoms. The molecule has 3 heterocycles. The maximum Gasteiger partial charge on any atom is 0.268 e. The quantitative estimate of drug-likeness (QED) is 0.420. The fourth-order valence-corrected chi connectivity index (χ4v) is 3.63. The van der Waals surface area contributed by atoms with Gasteiger partial charge in [0.15, 0.2) is 0 Å². The van der Waals surface area contributed by atoms with E-state index in [0.717, 1.165) is 11.1 Å². The first-order valence-corrected chi connectivity index (χ1v) is 11.7. The second-order valence-electron chi connectivity index (χ2n) is 9.95. The van der Waals surface area contributed by atoms with Crippen molar-refractivity contribution in [3.05, 3.63) is 69.9 Å². The third-order valence-electron chi connectivity index (χ3n) is 5.63. The summed E-state index contributed by atoms with van der Waals surface area (Å²) < 4.78 is 7.60. The lowest BCUT2D eigenvalue weighted by Crippen LogP contribution is -2.35. The van der Waals surface area contributed by atoms with Crippen molar-refractivity contribution in [2.75, 3.05) is 0 Å². The highest BCUT2D eigenvalue weighted by atomic mass is 16.4. The number of hydrogen-bond acceptors (Lipinski definition) is 8. The van der Waals surface area contributed by atoms with Crippen molar-refractivity contribution in [2.45, 2.75) is 59.7 Å². The first-order valence-electron chi connectivity index (χ1n) is 11.7. The summed E-state index contributed by atoms with van der Waals surface area (Å²) >= 11 is 0. The van der Waals surface area contributed by atoms with Crippen molar-refractivity contribution in [1.82, 2.24) is 30.0 Å². The van der Waals surface area contributed by atoms with Crippen molar-refractivity contribution in [1.29, 1.82) is 5.26 Å². The number of hydrogen-bond donors (Lipinski definition) is 1. The molecule has 0 atom stereocenters. The molecule has 4 aromatic rings. The summed E-state index contributed by atoms with van der Waals surface area (Å²) in [6.45, 7) is 12.6. The largest absolute Gasteiger partial charge is 0.414 e. The van der Waals surface area contributed by atoms with Crippen molar-refractivity contribution in [3.8, 4) is 40.4 Å². The molecule has 0 aliphatic rings. The lowest BCUT2D eigenvalue weighted by molar-refractivity contribution is 0.424. The third kappa shape index (κ3) is 5.39. The molecule has 0 bridgehead atoms. The molecule has 0 saturated carbocycles. The van der Waals surface area contributed by atoms with Crippen LogP contribution in [0.3, 0.4) is 0 Å². The maximum absolute atomic E-state index is 12.1. The van der Waals surface area contributed by atoms with Crippen LogP contribution in [0.2, 0.25) is 0 Å². The van der Waals surface area contributed by atoms with Gasteiger partial charge in [0.25, 0.3) is 11.4 Å². The van der Waals surface area contributed by atoms with E-state index >= 15 is 0 Å². The molecule has 3 aromatic heterocycles. The van der Waals surface area contributed by atoms with Crippen LogP contribution < -0.4 is 10.9 Å². The van der Waals surface area contributed by atoms with E-state index in [2.05, 4.69) is 47.3 Å². The van der Waals surface area contributed by atoms with Crippen LogP contribution in [0, 0.1) is 18.3 Å². The van der Waals surface area contributed by atoms with E-state index in [1.807, 2.05) is 39.0 Å². The summed E-state index contributed by atoms with van der Waals surface area (Å²) in [5.41, 5.74) is 4.28.